The molecule has 5 nitrogen and oxygen atoms in total. The lowest BCUT2D eigenvalue weighted by molar-refractivity contribution is -0.142. The quantitative estimate of drug-likeness (QED) is 0.792. The van der Waals surface area contributed by atoms with Crippen molar-refractivity contribution in [1.82, 2.24) is 15.0 Å². The lowest BCUT2D eigenvalue weighted by atomic mass is 9.82. The Balaban J connectivity index is 1.69. The third-order valence-electron chi connectivity index (χ3n) is 3.97. The fraction of sp³-hybridized carbons (Fsp3) is 0.429. The molecule has 0 spiro atoms. The van der Waals surface area contributed by atoms with E-state index in [0.29, 0.717) is 5.92 Å². The smallest absolute Gasteiger partial charge is 0.306 e. The molecule has 1 fully saturated rings. The molecular weight excluding hydrogens is 242 g/mol. The summed E-state index contributed by atoms with van der Waals surface area (Å²) in [5.41, 5.74) is 2.11. The van der Waals surface area contributed by atoms with Crippen LogP contribution in [0.25, 0.3) is 11.3 Å². The third kappa shape index (κ3) is 2.41. The number of H-pyrrole nitrogens is 2. The number of aromatic nitrogens is 3. The highest BCUT2D eigenvalue weighted by molar-refractivity contribution is 5.70. The van der Waals surface area contributed by atoms with Crippen LogP contribution in [0, 0.1) is 5.92 Å². The van der Waals surface area contributed by atoms with Gasteiger partial charge >= 0.3 is 5.97 Å². The Bertz CT molecular complexity index is 551. The molecule has 2 aromatic heterocycles. The molecule has 0 unspecified atom stereocenters. The molecule has 0 radical (unpaired) electrons. The topological polar surface area (TPSA) is 81.8 Å². The molecule has 0 aromatic carbocycles. The van der Waals surface area contributed by atoms with E-state index in [1.54, 1.807) is 0 Å². The first-order valence-corrected chi connectivity index (χ1v) is 6.65. The Morgan fingerprint density at radius 3 is 2.74 bits per heavy atom. The standard InChI is InChI=1S/C14H17N3O2/c18-14(19)10-3-1-9(2-4-10)13-16-8-12(17-13)11-5-6-15-7-11/h5-10,15H,1-4H2,(H,16,17)(H,18,19). The maximum absolute atomic E-state index is 10.9. The van der Waals surface area contributed by atoms with Crippen molar-refractivity contribution in [3.05, 3.63) is 30.5 Å². The van der Waals surface area contributed by atoms with Gasteiger partial charge in [-0.2, -0.15) is 0 Å². The maximum atomic E-state index is 10.9. The van der Waals surface area contributed by atoms with Gasteiger partial charge in [-0.15, -0.1) is 0 Å². The maximum Gasteiger partial charge on any atom is 0.306 e. The summed E-state index contributed by atoms with van der Waals surface area (Å²) in [6.07, 6.45) is 8.96. The second-order valence-electron chi connectivity index (χ2n) is 5.17. The van der Waals surface area contributed by atoms with Crippen LogP contribution in [0.4, 0.5) is 0 Å². The van der Waals surface area contributed by atoms with E-state index in [0.717, 1.165) is 42.8 Å². The van der Waals surface area contributed by atoms with E-state index in [-0.39, 0.29) is 5.92 Å². The lowest BCUT2D eigenvalue weighted by Crippen LogP contribution is -2.21. The summed E-state index contributed by atoms with van der Waals surface area (Å²) in [6.45, 7) is 0. The Morgan fingerprint density at radius 1 is 1.32 bits per heavy atom. The van der Waals surface area contributed by atoms with Crippen molar-refractivity contribution in [1.29, 1.82) is 0 Å². The van der Waals surface area contributed by atoms with Crippen molar-refractivity contribution in [3.8, 4) is 11.3 Å². The first kappa shape index (κ1) is 12.0. The van der Waals surface area contributed by atoms with E-state index >= 15 is 0 Å². The van der Waals surface area contributed by atoms with Crippen LogP contribution in [0.15, 0.2) is 24.7 Å². The molecule has 1 aliphatic carbocycles. The molecule has 2 heterocycles. The zero-order valence-electron chi connectivity index (χ0n) is 10.6. The summed E-state index contributed by atoms with van der Waals surface area (Å²) in [7, 11) is 0. The number of aliphatic carboxylic acids is 1. The molecule has 0 amide bonds. The van der Waals surface area contributed by atoms with Crippen molar-refractivity contribution >= 4 is 5.97 Å². The molecule has 3 rings (SSSR count). The van der Waals surface area contributed by atoms with Crippen LogP contribution in [0.2, 0.25) is 0 Å². The number of rotatable bonds is 3. The molecule has 1 saturated carbocycles. The van der Waals surface area contributed by atoms with E-state index in [9.17, 15) is 4.79 Å². The van der Waals surface area contributed by atoms with Crippen LogP contribution in [0.1, 0.15) is 37.4 Å². The summed E-state index contributed by atoms with van der Waals surface area (Å²) >= 11 is 0. The molecule has 3 N–H and O–H groups in total. The highest BCUT2D eigenvalue weighted by atomic mass is 16.4. The average molecular weight is 259 g/mol. The summed E-state index contributed by atoms with van der Waals surface area (Å²) in [6, 6.07) is 2.00. The molecule has 0 atom stereocenters. The number of nitrogens with one attached hydrogen (secondary N) is 2. The first-order chi connectivity index (χ1) is 9.24. The third-order valence-corrected chi connectivity index (χ3v) is 3.97. The summed E-state index contributed by atoms with van der Waals surface area (Å²) in [4.78, 5) is 21.8. The number of carboxylic acids is 1. The van der Waals surface area contributed by atoms with Gasteiger partial charge in [0.2, 0.25) is 0 Å². The van der Waals surface area contributed by atoms with Gasteiger partial charge in [0.25, 0.3) is 0 Å². The van der Waals surface area contributed by atoms with Gasteiger partial charge in [-0.25, -0.2) is 4.98 Å². The second kappa shape index (κ2) is 4.91. The van der Waals surface area contributed by atoms with E-state index < -0.39 is 5.97 Å². The second-order valence-corrected chi connectivity index (χ2v) is 5.17. The number of hydrogen-bond acceptors (Lipinski definition) is 2. The summed E-state index contributed by atoms with van der Waals surface area (Å²) < 4.78 is 0. The van der Waals surface area contributed by atoms with Crippen molar-refractivity contribution in [2.75, 3.05) is 0 Å². The van der Waals surface area contributed by atoms with Crippen molar-refractivity contribution in [2.45, 2.75) is 31.6 Å². The molecule has 2 aromatic rings. The molecular formula is C14H17N3O2. The van der Waals surface area contributed by atoms with Crippen LogP contribution >= 0.6 is 0 Å². The zero-order chi connectivity index (χ0) is 13.2. The van der Waals surface area contributed by atoms with E-state index in [1.165, 1.54) is 0 Å². The van der Waals surface area contributed by atoms with Crippen molar-refractivity contribution in [3.63, 3.8) is 0 Å². The normalized spacial score (nSPS) is 23.4. The molecule has 19 heavy (non-hydrogen) atoms. The molecule has 1 aliphatic rings. The van der Waals surface area contributed by atoms with Crippen LogP contribution in [-0.4, -0.2) is 26.0 Å². The van der Waals surface area contributed by atoms with E-state index in [2.05, 4.69) is 15.0 Å². The number of imidazole rings is 1. The Hall–Kier alpha value is -2.04. The van der Waals surface area contributed by atoms with Crippen LogP contribution in [-0.2, 0) is 4.79 Å². The van der Waals surface area contributed by atoms with Gasteiger partial charge in [0.15, 0.2) is 0 Å². The van der Waals surface area contributed by atoms with Gasteiger partial charge in [-0.05, 0) is 31.7 Å². The number of carboxylic acid groups (broad SMARTS) is 1. The Morgan fingerprint density at radius 2 is 2.11 bits per heavy atom. The van der Waals surface area contributed by atoms with Gasteiger partial charge < -0.3 is 15.1 Å². The van der Waals surface area contributed by atoms with Gasteiger partial charge in [-0.1, -0.05) is 0 Å². The van der Waals surface area contributed by atoms with Gasteiger partial charge in [0, 0.05) is 23.9 Å². The number of nitrogens with zero attached hydrogens (tertiary/aromatic N) is 1. The predicted octanol–water partition coefficient (Wildman–Crippen LogP) is 2.76. The predicted molar refractivity (Wildman–Crippen MR) is 70.7 cm³/mol. The summed E-state index contributed by atoms with van der Waals surface area (Å²) in [5, 5.41) is 9.00. The fourth-order valence-electron chi connectivity index (χ4n) is 2.80. The van der Waals surface area contributed by atoms with E-state index in [4.69, 9.17) is 5.11 Å². The number of carbonyl (C=O) groups is 1. The van der Waals surface area contributed by atoms with Gasteiger partial charge in [-0.3, -0.25) is 4.79 Å². The fourth-order valence-corrected chi connectivity index (χ4v) is 2.80. The monoisotopic (exact) mass is 259 g/mol. The molecule has 100 valence electrons. The highest BCUT2D eigenvalue weighted by Gasteiger charge is 2.28. The Kier molecular flexibility index (Phi) is 3.11. The molecule has 0 bridgehead atoms. The molecule has 5 heteroatoms. The molecule has 0 saturated heterocycles. The zero-order valence-corrected chi connectivity index (χ0v) is 10.6. The van der Waals surface area contributed by atoms with Gasteiger partial charge in [0.05, 0.1) is 17.8 Å². The minimum absolute atomic E-state index is 0.171. The first-order valence-electron chi connectivity index (χ1n) is 6.65. The Labute approximate surface area is 111 Å². The van der Waals surface area contributed by atoms with Crippen molar-refractivity contribution < 1.29 is 9.90 Å². The highest BCUT2D eigenvalue weighted by Crippen LogP contribution is 2.35. The largest absolute Gasteiger partial charge is 0.481 e. The minimum Gasteiger partial charge on any atom is -0.481 e. The number of aromatic amines is 2. The summed E-state index contributed by atoms with van der Waals surface area (Å²) in [5.74, 6) is 0.518. The van der Waals surface area contributed by atoms with Gasteiger partial charge in [0.1, 0.15) is 5.82 Å². The van der Waals surface area contributed by atoms with Crippen LogP contribution in [0.5, 0.6) is 0 Å². The van der Waals surface area contributed by atoms with Crippen LogP contribution in [0.3, 0.4) is 0 Å². The van der Waals surface area contributed by atoms with Crippen LogP contribution < -0.4 is 0 Å². The van der Waals surface area contributed by atoms with Crippen molar-refractivity contribution in [2.24, 2.45) is 5.92 Å². The lowest BCUT2D eigenvalue weighted by Gasteiger charge is -2.24. The average Bonchev–Trinajstić information content (AvgIpc) is 3.10. The SMILES string of the molecule is O=C(O)C1CCC(c2ncc(-c3cc[nH]c3)[nH]2)CC1. The van der Waals surface area contributed by atoms with E-state index in [1.807, 2.05) is 24.7 Å². The minimum atomic E-state index is -0.661. The number of hydrogen-bond donors (Lipinski definition) is 3. The molecule has 0 aliphatic heterocycles.